The summed E-state index contributed by atoms with van der Waals surface area (Å²) in [6.07, 6.45) is 9.50. The van der Waals surface area contributed by atoms with Gasteiger partial charge in [-0.2, -0.15) is 11.8 Å². The van der Waals surface area contributed by atoms with Crippen molar-refractivity contribution in [2.24, 2.45) is 0 Å². The molecule has 0 aliphatic heterocycles. The van der Waals surface area contributed by atoms with Gasteiger partial charge in [-0.25, -0.2) is 0 Å². The van der Waals surface area contributed by atoms with E-state index in [1.165, 1.54) is 18.4 Å². The fraction of sp³-hybridized carbons (Fsp3) is 0.643. The van der Waals surface area contributed by atoms with Crippen molar-refractivity contribution in [3.05, 3.63) is 30.1 Å². The molecule has 96 valence electrons. The molecule has 0 aromatic carbocycles. The van der Waals surface area contributed by atoms with E-state index in [0.29, 0.717) is 4.75 Å². The van der Waals surface area contributed by atoms with Gasteiger partial charge in [-0.15, -0.1) is 0 Å². The highest BCUT2D eigenvalue weighted by Gasteiger charge is 2.23. The van der Waals surface area contributed by atoms with E-state index in [1.54, 1.807) is 0 Å². The van der Waals surface area contributed by atoms with Crippen molar-refractivity contribution in [2.45, 2.75) is 37.9 Å². The van der Waals surface area contributed by atoms with Gasteiger partial charge in [-0.1, -0.05) is 19.9 Å². The highest BCUT2D eigenvalue weighted by atomic mass is 32.2. The van der Waals surface area contributed by atoms with E-state index in [-0.39, 0.29) is 0 Å². The van der Waals surface area contributed by atoms with E-state index in [1.807, 2.05) is 30.2 Å². The molecule has 0 fully saturated rings. The predicted octanol–water partition coefficient (Wildman–Crippen LogP) is 3.14. The van der Waals surface area contributed by atoms with Gasteiger partial charge in [0.05, 0.1) is 0 Å². The van der Waals surface area contributed by atoms with E-state index in [9.17, 15) is 0 Å². The van der Waals surface area contributed by atoms with Crippen LogP contribution in [0.1, 0.15) is 32.3 Å². The molecule has 0 aliphatic rings. The number of hydrogen-bond donors (Lipinski definition) is 1. The third-order valence-electron chi connectivity index (χ3n) is 3.48. The van der Waals surface area contributed by atoms with E-state index < -0.39 is 0 Å². The highest BCUT2D eigenvalue weighted by molar-refractivity contribution is 8.00. The van der Waals surface area contributed by atoms with Gasteiger partial charge in [0, 0.05) is 23.7 Å². The van der Waals surface area contributed by atoms with E-state index in [4.69, 9.17) is 0 Å². The molecule has 1 heterocycles. The Morgan fingerprint density at radius 2 is 2.12 bits per heavy atom. The lowest BCUT2D eigenvalue weighted by atomic mass is 10.0. The van der Waals surface area contributed by atoms with E-state index in [0.717, 1.165) is 19.5 Å². The van der Waals surface area contributed by atoms with Crippen molar-refractivity contribution < 1.29 is 0 Å². The van der Waals surface area contributed by atoms with Gasteiger partial charge in [0.25, 0.3) is 0 Å². The molecule has 1 aromatic heterocycles. The van der Waals surface area contributed by atoms with Gasteiger partial charge in [0.15, 0.2) is 0 Å². The topological polar surface area (TPSA) is 24.9 Å². The molecule has 3 heteroatoms. The van der Waals surface area contributed by atoms with Crippen LogP contribution < -0.4 is 5.32 Å². The second-order valence-electron chi connectivity index (χ2n) is 4.38. The lowest BCUT2D eigenvalue weighted by Gasteiger charge is -2.30. The van der Waals surface area contributed by atoms with Crippen LogP contribution in [0.4, 0.5) is 0 Å². The molecule has 1 N–H and O–H groups in total. The number of rotatable bonds is 8. The Morgan fingerprint density at radius 1 is 1.35 bits per heavy atom. The molecule has 1 aromatic rings. The summed E-state index contributed by atoms with van der Waals surface area (Å²) in [5.41, 5.74) is 1.31. The number of nitrogens with one attached hydrogen (secondary N) is 1. The number of hydrogen-bond acceptors (Lipinski definition) is 3. The van der Waals surface area contributed by atoms with Crippen LogP contribution in [0.3, 0.4) is 0 Å². The first-order chi connectivity index (χ1) is 8.26. The monoisotopic (exact) mass is 252 g/mol. The molecule has 2 nitrogen and oxygen atoms in total. The van der Waals surface area contributed by atoms with Crippen molar-refractivity contribution in [2.75, 3.05) is 19.3 Å². The van der Waals surface area contributed by atoms with Crippen LogP contribution in [0.2, 0.25) is 0 Å². The van der Waals surface area contributed by atoms with Crippen molar-refractivity contribution in [1.82, 2.24) is 10.3 Å². The Balaban J connectivity index is 2.28. The van der Waals surface area contributed by atoms with Crippen LogP contribution in [0.5, 0.6) is 0 Å². The van der Waals surface area contributed by atoms with Crippen LogP contribution in [-0.2, 0) is 6.42 Å². The van der Waals surface area contributed by atoms with Gasteiger partial charge in [-0.05, 0) is 43.7 Å². The Hall–Kier alpha value is -0.540. The zero-order chi connectivity index (χ0) is 12.6. The molecule has 1 rings (SSSR count). The van der Waals surface area contributed by atoms with Crippen LogP contribution in [0, 0.1) is 0 Å². The Kier molecular flexibility index (Phi) is 6.60. The molecule has 0 amide bonds. The normalized spacial score (nSPS) is 11.7. The maximum absolute atomic E-state index is 4.13. The van der Waals surface area contributed by atoms with Gasteiger partial charge in [-0.3, -0.25) is 4.98 Å². The number of nitrogens with zero attached hydrogens (tertiary/aromatic N) is 1. The van der Waals surface area contributed by atoms with Crippen LogP contribution in [-0.4, -0.2) is 29.1 Å². The molecule has 0 aliphatic carbocycles. The standard InChI is InChI=1S/C14H24N2S/c1-4-14(5-2,17-3)12-16-10-8-13-7-6-9-15-11-13/h6-7,9,11,16H,4-5,8,10,12H2,1-3H3. The average Bonchev–Trinajstić information content (AvgIpc) is 2.41. The quantitative estimate of drug-likeness (QED) is 0.720. The molecule has 17 heavy (non-hydrogen) atoms. The summed E-state index contributed by atoms with van der Waals surface area (Å²) in [5, 5.41) is 3.58. The summed E-state index contributed by atoms with van der Waals surface area (Å²) >= 11 is 1.99. The summed E-state index contributed by atoms with van der Waals surface area (Å²) in [6, 6.07) is 4.13. The van der Waals surface area contributed by atoms with Crippen molar-refractivity contribution >= 4 is 11.8 Å². The molecule has 0 atom stereocenters. The lowest BCUT2D eigenvalue weighted by molar-refractivity contribution is 0.497. The minimum Gasteiger partial charge on any atom is -0.315 e. The summed E-state index contributed by atoms with van der Waals surface area (Å²) in [6.45, 7) is 6.70. The highest BCUT2D eigenvalue weighted by Crippen LogP contribution is 2.29. The largest absolute Gasteiger partial charge is 0.315 e. The van der Waals surface area contributed by atoms with Gasteiger partial charge >= 0.3 is 0 Å². The summed E-state index contributed by atoms with van der Waals surface area (Å²) in [7, 11) is 0. The van der Waals surface area contributed by atoms with Gasteiger partial charge in [0.1, 0.15) is 0 Å². The zero-order valence-electron chi connectivity index (χ0n) is 11.2. The fourth-order valence-corrected chi connectivity index (χ4v) is 2.78. The first-order valence-corrected chi connectivity index (χ1v) is 7.63. The van der Waals surface area contributed by atoms with Crippen molar-refractivity contribution in [1.29, 1.82) is 0 Å². The second kappa shape index (κ2) is 7.72. The third-order valence-corrected chi connectivity index (χ3v) is 5.07. The molecular formula is C14H24N2S. The average molecular weight is 252 g/mol. The summed E-state index contributed by atoms with van der Waals surface area (Å²) in [4.78, 5) is 4.13. The lowest BCUT2D eigenvalue weighted by Crippen LogP contribution is -2.37. The second-order valence-corrected chi connectivity index (χ2v) is 5.66. The third kappa shape index (κ3) is 4.68. The Bertz CT molecular complexity index is 288. The number of aromatic nitrogens is 1. The van der Waals surface area contributed by atoms with Gasteiger partial charge < -0.3 is 5.32 Å². The van der Waals surface area contributed by atoms with E-state index in [2.05, 4.69) is 36.5 Å². The van der Waals surface area contributed by atoms with Crippen LogP contribution in [0.15, 0.2) is 24.5 Å². The molecule has 0 unspecified atom stereocenters. The minimum absolute atomic E-state index is 0.412. The number of thioether (sulfide) groups is 1. The Morgan fingerprint density at radius 3 is 2.65 bits per heavy atom. The van der Waals surface area contributed by atoms with Crippen molar-refractivity contribution in [3.63, 3.8) is 0 Å². The van der Waals surface area contributed by atoms with Crippen molar-refractivity contribution in [3.8, 4) is 0 Å². The zero-order valence-corrected chi connectivity index (χ0v) is 12.0. The summed E-state index contributed by atoms with van der Waals surface area (Å²) in [5.74, 6) is 0. The first-order valence-electron chi connectivity index (χ1n) is 6.41. The van der Waals surface area contributed by atoms with Crippen LogP contribution in [0.25, 0.3) is 0 Å². The summed E-state index contributed by atoms with van der Waals surface area (Å²) < 4.78 is 0.412. The molecule has 0 bridgehead atoms. The molecule has 0 radical (unpaired) electrons. The maximum atomic E-state index is 4.13. The maximum Gasteiger partial charge on any atom is 0.0300 e. The minimum atomic E-state index is 0.412. The van der Waals surface area contributed by atoms with E-state index >= 15 is 0 Å². The SMILES string of the molecule is CCC(CC)(CNCCc1cccnc1)SC. The first kappa shape index (κ1) is 14.5. The Labute approximate surface area is 110 Å². The van der Waals surface area contributed by atoms with Crippen LogP contribution >= 0.6 is 11.8 Å². The molecule has 0 spiro atoms. The molecule has 0 saturated carbocycles. The van der Waals surface area contributed by atoms with Gasteiger partial charge in [0.2, 0.25) is 0 Å². The smallest absolute Gasteiger partial charge is 0.0300 e. The predicted molar refractivity (Wildman–Crippen MR) is 77.6 cm³/mol. The fourth-order valence-electron chi connectivity index (χ4n) is 1.96. The number of pyridine rings is 1. The molecular weight excluding hydrogens is 228 g/mol. The molecule has 0 saturated heterocycles.